The van der Waals surface area contributed by atoms with Gasteiger partial charge in [0.15, 0.2) is 0 Å². The third-order valence-electron chi connectivity index (χ3n) is 3.33. The molecule has 0 bridgehead atoms. The van der Waals surface area contributed by atoms with E-state index >= 15 is 0 Å². The zero-order valence-electron chi connectivity index (χ0n) is 10.5. The zero-order valence-corrected chi connectivity index (χ0v) is 10.5. The van der Waals surface area contributed by atoms with Crippen LogP contribution in [0.4, 0.5) is 4.39 Å². The SMILES string of the molecule is COc1ccc(C(C)CCNC2CC2)c(F)c1. The predicted octanol–water partition coefficient (Wildman–Crippen LogP) is 3.08. The summed E-state index contributed by atoms with van der Waals surface area (Å²) in [7, 11) is 1.55. The van der Waals surface area contributed by atoms with E-state index in [0.29, 0.717) is 5.75 Å². The molecule has 1 aliphatic carbocycles. The Hall–Kier alpha value is -1.09. The van der Waals surface area contributed by atoms with Gasteiger partial charge in [0, 0.05) is 12.1 Å². The van der Waals surface area contributed by atoms with Crippen molar-refractivity contribution in [2.75, 3.05) is 13.7 Å². The average Bonchev–Trinajstić information content (AvgIpc) is 3.12. The van der Waals surface area contributed by atoms with Crippen LogP contribution in [0.1, 0.15) is 37.7 Å². The summed E-state index contributed by atoms with van der Waals surface area (Å²) in [6.45, 7) is 3.04. The van der Waals surface area contributed by atoms with Crippen LogP contribution >= 0.6 is 0 Å². The number of benzene rings is 1. The molecule has 1 aromatic carbocycles. The van der Waals surface area contributed by atoms with Gasteiger partial charge in [-0.15, -0.1) is 0 Å². The van der Waals surface area contributed by atoms with E-state index in [1.54, 1.807) is 7.11 Å². The predicted molar refractivity (Wildman–Crippen MR) is 67.0 cm³/mol. The maximum absolute atomic E-state index is 13.8. The number of halogens is 1. The molecule has 94 valence electrons. The van der Waals surface area contributed by atoms with E-state index in [0.717, 1.165) is 24.6 Å². The molecule has 0 heterocycles. The minimum Gasteiger partial charge on any atom is -0.497 e. The molecule has 2 nitrogen and oxygen atoms in total. The molecule has 1 fully saturated rings. The van der Waals surface area contributed by atoms with Crippen LogP contribution < -0.4 is 10.1 Å². The van der Waals surface area contributed by atoms with E-state index in [1.165, 1.54) is 18.9 Å². The van der Waals surface area contributed by atoms with Gasteiger partial charge in [-0.05, 0) is 43.4 Å². The van der Waals surface area contributed by atoms with Crippen molar-refractivity contribution in [1.29, 1.82) is 0 Å². The summed E-state index contributed by atoms with van der Waals surface area (Å²) in [5.74, 6) is 0.657. The lowest BCUT2D eigenvalue weighted by atomic mass is 9.97. The molecule has 1 N–H and O–H groups in total. The Morgan fingerprint density at radius 3 is 2.82 bits per heavy atom. The van der Waals surface area contributed by atoms with E-state index in [4.69, 9.17) is 4.74 Å². The highest BCUT2D eigenvalue weighted by Crippen LogP contribution is 2.25. The monoisotopic (exact) mass is 237 g/mol. The normalized spacial score (nSPS) is 16.9. The van der Waals surface area contributed by atoms with Crippen molar-refractivity contribution in [3.63, 3.8) is 0 Å². The van der Waals surface area contributed by atoms with E-state index in [9.17, 15) is 4.39 Å². The van der Waals surface area contributed by atoms with Gasteiger partial charge in [0.2, 0.25) is 0 Å². The lowest BCUT2D eigenvalue weighted by Crippen LogP contribution is -2.19. The molecule has 1 aliphatic rings. The molecule has 3 heteroatoms. The van der Waals surface area contributed by atoms with Crippen molar-refractivity contribution in [2.24, 2.45) is 0 Å². The first-order valence-corrected chi connectivity index (χ1v) is 6.27. The van der Waals surface area contributed by atoms with Crippen molar-refractivity contribution in [2.45, 2.75) is 38.1 Å². The first-order chi connectivity index (χ1) is 8.20. The summed E-state index contributed by atoms with van der Waals surface area (Å²) in [6.07, 6.45) is 3.57. The highest BCUT2D eigenvalue weighted by atomic mass is 19.1. The Balaban J connectivity index is 1.90. The second kappa shape index (κ2) is 5.50. The number of hydrogen-bond acceptors (Lipinski definition) is 2. The van der Waals surface area contributed by atoms with Crippen molar-refractivity contribution in [1.82, 2.24) is 5.32 Å². The number of rotatable bonds is 6. The average molecular weight is 237 g/mol. The summed E-state index contributed by atoms with van der Waals surface area (Å²) in [6, 6.07) is 5.84. The number of nitrogens with one attached hydrogen (secondary N) is 1. The van der Waals surface area contributed by atoms with Crippen LogP contribution in [0.25, 0.3) is 0 Å². The van der Waals surface area contributed by atoms with Gasteiger partial charge in [0.1, 0.15) is 11.6 Å². The molecule has 1 unspecified atom stereocenters. The fraction of sp³-hybridized carbons (Fsp3) is 0.571. The topological polar surface area (TPSA) is 21.3 Å². The molecule has 0 aliphatic heterocycles. The van der Waals surface area contributed by atoms with Crippen LogP contribution in [0.2, 0.25) is 0 Å². The molecule has 1 aromatic rings. The van der Waals surface area contributed by atoms with Gasteiger partial charge < -0.3 is 10.1 Å². The molecule has 0 radical (unpaired) electrons. The first-order valence-electron chi connectivity index (χ1n) is 6.27. The largest absolute Gasteiger partial charge is 0.497 e. The van der Waals surface area contributed by atoms with Crippen LogP contribution in [0, 0.1) is 5.82 Å². The van der Waals surface area contributed by atoms with Gasteiger partial charge in [-0.3, -0.25) is 0 Å². The summed E-state index contributed by atoms with van der Waals surface area (Å²) < 4.78 is 18.8. The minimum atomic E-state index is -0.164. The van der Waals surface area contributed by atoms with Crippen LogP contribution in [0.15, 0.2) is 18.2 Å². The molecular weight excluding hydrogens is 217 g/mol. The highest BCUT2D eigenvalue weighted by Gasteiger charge is 2.20. The highest BCUT2D eigenvalue weighted by molar-refractivity contribution is 5.30. The Morgan fingerprint density at radius 2 is 2.24 bits per heavy atom. The third-order valence-corrected chi connectivity index (χ3v) is 3.33. The van der Waals surface area contributed by atoms with E-state index < -0.39 is 0 Å². The van der Waals surface area contributed by atoms with Gasteiger partial charge in [0.25, 0.3) is 0 Å². The molecule has 17 heavy (non-hydrogen) atoms. The van der Waals surface area contributed by atoms with Gasteiger partial charge in [0.05, 0.1) is 7.11 Å². The smallest absolute Gasteiger partial charge is 0.130 e. The maximum atomic E-state index is 13.8. The maximum Gasteiger partial charge on any atom is 0.130 e. The van der Waals surface area contributed by atoms with E-state index in [2.05, 4.69) is 12.2 Å². The summed E-state index contributed by atoms with van der Waals surface area (Å²) in [5.41, 5.74) is 0.781. The summed E-state index contributed by atoms with van der Waals surface area (Å²) in [4.78, 5) is 0. The van der Waals surface area contributed by atoms with Crippen LogP contribution in [0.5, 0.6) is 5.75 Å². The summed E-state index contributed by atoms with van der Waals surface area (Å²) >= 11 is 0. The number of methoxy groups -OCH3 is 1. The number of hydrogen-bond donors (Lipinski definition) is 1. The van der Waals surface area contributed by atoms with E-state index in [-0.39, 0.29) is 11.7 Å². The van der Waals surface area contributed by atoms with E-state index in [1.807, 2.05) is 12.1 Å². The molecule has 0 saturated heterocycles. The summed E-state index contributed by atoms with van der Waals surface area (Å²) in [5, 5.41) is 3.45. The van der Waals surface area contributed by atoms with Crippen LogP contribution in [-0.2, 0) is 0 Å². The fourth-order valence-electron chi connectivity index (χ4n) is 1.98. The van der Waals surface area contributed by atoms with Crippen molar-refractivity contribution < 1.29 is 9.13 Å². The van der Waals surface area contributed by atoms with Gasteiger partial charge >= 0.3 is 0 Å². The molecule has 2 rings (SSSR count). The molecule has 0 aromatic heterocycles. The Kier molecular flexibility index (Phi) is 4.00. The zero-order chi connectivity index (χ0) is 12.3. The standard InChI is InChI=1S/C14H20FNO/c1-10(7-8-16-11-3-4-11)13-6-5-12(17-2)9-14(13)15/h5-6,9-11,16H,3-4,7-8H2,1-2H3. The quantitative estimate of drug-likeness (QED) is 0.821. The third kappa shape index (κ3) is 3.43. The fourth-order valence-corrected chi connectivity index (χ4v) is 1.98. The molecular formula is C14H20FNO. The van der Waals surface area contributed by atoms with Gasteiger partial charge in [-0.25, -0.2) is 4.39 Å². The molecule has 1 saturated carbocycles. The van der Waals surface area contributed by atoms with Crippen LogP contribution in [0.3, 0.4) is 0 Å². The Labute approximate surface area is 102 Å². The molecule has 0 spiro atoms. The molecule has 1 atom stereocenters. The van der Waals surface area contributed by atoms with Crippen molar-refractivity contribution in [3.8, 4) is 5.75 Å². The Bertz CT molecular complexity index is 376. The second-order valence-electron chi connectivity index (χ2n) is 4.81. The lowest BCUT2D eigenvalue weighted by Gasteiger charge is -2.14. The van der Waals surface area contributed by atoms with Crippen molar-refractivity contribution in [3.05, 3.63) is 29.6 Å². The van der Waals surface area contributed by atoms with Gasteiger partial charge in [-0.1, -0.05) is 13.0 Å². The van der Waals surface area contributed by atoms with Crippen LogP contribution in [-0.4, -0.2) is 19.7 Å². The van der Waals surface area contributed by atoms with Crippen molar-refractivity contribution >= 4 is 0 Å². The minimum absolute atomic E-state index is 0.164. The van der Waals surface area contributed by atoms with Gasteiger partial charge in [-0.2, -0.15) is 0 Å². The second-order valence-corrected chi connectivity index (χ2v) is 4.81. The molecule has 0 amide bonds. The first kappa shape index (κ1) is 12.4. The lowest BCUT2D eigenvalue weighted by molar-refractivity contribution is 0.410. The number of ether oxygens (including phenoxy) is 1. The Morgan fingerprint density at radius 1 is 1.47 bits per heavy atom.